The normalized spacial score (nSPS) is 11.2. The maximum Gasteiger partial charge on any atom is 0.326 e. The van der Waals surface area contributed by atoms with E-state index in [0.717, 1.165) is 9.95 Å². The summed E-state index contributed by atoms with van der Waals surface area (Å²) >= 11 is 0. The lowest BCUT2D eigenvalue weighted by molar-refractivity contribution is -0.143. The predicted octanol–water partition coefficient (Wildman–Crippen LogP) is 1.61. The Hall–Kier alpha value is -3.75. The highest BCUT2D eigenvalue weighted by molar-refractivity contribution is 6.01. The van der Waals surface area contributed by atoms with Crippen LogP contribution in [0, 0.1) is 6.92 Å². The molecule has 0 saturated heterocycles. The third kappa shape index (κ3) is 2.96. The number of carbonyl (C=O) groups excluding carboxylic acids is 2. The zero-order valence-corrected chi connectivity index (χ0v) is 15.2. The van der Waals surface area contributed by atoms with Crippen LogP contribution in [0.4, 0.5) is 0 Å². The Labute approximate surface area is 158 Å². The van der Waals surface area contributed by atoms with Crippen LogP contribution in [0.3, 0.4) is 0 Å². The van der Waals surface area contributed by atoms with Crippen LogP contribution in [0.15, 0.2) is 46.0 Å². The minimum absolute atomic E-state index is 0.157. The zero-order chi connectivity index (χ0) is 19.8. The number of carbonyl (C=O) groups is 2. The molecule has 0 atom stereocenters. The monoisotopic (exact) mass is 380 g/mol. The van der Waals surface area contributed by atoms with Crippen LogP contribution in [0.5, 0.6) is 0 Å². The lowest BCUT2D eigenvalue weighted by Gasteiger charge is -2.06. The van der Waals surface area contributed by atoms with Crippen molar-refractivity contribution in [3.63, 3.8) is 0 Å². The molecule has 0 fully saturated rings. The number of aryl methyl sites for hydroxylation is 2. The van der Waals surface area contributed by atoms with E-state index in [1.54, 1.807) is 20.0 Å². The zero-order valence-electron chi connectivity index (χ0n) is 15.2. The number of fused-ring (bicyclic) bond motifs is 2. The van der Waals surface area contributed by atoms with Gasteiger partial charge in [0, 0.05) is 18.0 Å². The fraction of sp³-hybridized carbons (Fsp3) is 0.211. The largest absolute Gasteiger partial charge is 0.456 e. The Kier molecular flexibility index (Phi) is 4.26. The molecule has 9 nitrogen and oxygen atoms in total. The highest BCUT2D eigenvalue weighted by Gasteiger charge is 2.19. The number of rotatable bonds is 5. The van der Waals surface area contributed by atoms with E-state index in [2.05, 4.69) is 10.1 Å². The molecule has 0 N–H and O–H groups in total. The predicted molar refractivity (Wildman–Crippen MR) is 99.0 cm³/mol. The number of Topliss-reactive ketones (excluding diaryl/α,β-unsaturated/α-hetero) is 1. The topological polar surface area (TPSA) is 109 Å². The molecule has 0 aliphatic rings. The fourth-order valence-electron chi connectivity index (χ4n) is 3.02. The Morgan fingerprint density at radius 2 is 2.00 bits per heavy atom. The van der Waals surface area contributed by atoms with Gasteiger partial charge < -0.3 is 9.15 Å². The molecule has 0 radical (unpaired) electrons. The minimum Gasteiger partial charge on any atom is -0.456 e. The first-order valence-corrected chi connectivity index (χ1v) is 8.50. The molecule has 28 heavy (non-hydrogen) atoms. The highest BCUT2D eigenvalue weighted by atomic mass is 16.5. The molecule has 0 aliphatic heterocycles. The van der Waals surface area contributed by atoms with E-state index in [1.807, 2.05) is 18.2 Å². The third-order valence-electron chi connectivity index (χ3n) is 4.48. The highest BCUT2D eigenvalue weighted by Crippen LogP contribution is 2.25. The average Bonchev–Trinajstić information content (AvgIpc) is 3.23. The van der Waals surface area contributed by atoms with Crippen molar-refractivity contribution in [2.45, 2.75) is 13.5 Å². The summed E-state index contributed by atoms with van der Waals surface area (Å²) in [5.41, 5.74) is 1.30. The molecule has 0 aliphatic carbocycles. The summed E-state index contributed by atoms with van der Waals surface area (Å²) in [5.74, 6) is -1.02. The van der Waals surface area contributed by atoms with E-state index >= 15 is 0 Å². The summed E-state index contributed by atoms with van der Waals surface area (Å²) in [7, 11) is 1.67. The molecule has 3 heterocycles. The summed E-state index contributed by atoms with van der Waals surface area (Å²) < 4.78 is 13.2. The molecule has 0 unspecified atom stereocenters. The van der Waals surface area contributed by atoms with Crippen LogP contribution in [0.2, 0.25) is 0 Å². The van der Waals surface area contributed by atoms with Gasteiger partial charge in [-0.2, -0.15) is 5.10 Å². The average molecular weight is 380 g/mol. The molecule has 0 bridgehead atoms. The van der Waals surface area contributed by atoms with Gasteiger partial charge in [-0.3, -0.25) is 23.6 Å². The molecule has 3 aromatic heterocycles. The number of furan rings is 1. The molecule has 0 amide bonds. The number of hydrogen-bond acceptors (Lipinski definition) is 7. The molecule has 4 aromatic rings. The Morgan fingerprint density at radius 1 is 1.21 bits per heavy atom. The molecule has 0 saturated carbocycles. The van der Waals surface area contributed by atoms with Gasteiger partial charge in [0.05, 0.1) is 6.20 Å². The van der Waals surface area contributed by atoms with E-state index in [9.17, 15) is 14.4 Å². The van der Waals surface area contributed by atoms with Crippen molar-refractivity contribution in [1.82, 2.24) is 19.3 Å². The van der Waals surface area contributed by atoms with Crippen molar-refractivity contribution in [2.75, 3.05) is 6.61 Å². The third-order valence-corrected chi connectivity index (χ3v) is 4.48. The van der Waals surface area contributed by atoms with Crippen molar-refractivity contribution >= 4 is 33.8 Å². The van der Waals surface area contributed by atoms with Crippen molar-refractivity contribution in [1.29, 1.82) is 0 Å². The molecule has 4 rings (SSSR count). The van der Waals surface area contributed by atoms with Gasteiger partial charge in [0.15, 0.2) is 18.0 Å². The maximum atomic E-state index is 12.4. The van der Waals surface area contributed by atoms with E-state index in [1.165, 1.54) is 17.2 Å². The van der Waals surface area contributed by atoms with E-state index in [0.29, 0.717) is 22.2 Å². The fourth-order valence-corrected chi connectivity index (χ4v) is 3.02. The molecule has 9 heteroatoms. The van der Waals surface area contributed by atoms with Crippen molar-refractivity contribution < 1.29 is 18.7 Å². The van der Waals surface area contributed by atoms with E-state index in [-0.39, 0.29) is 12.3 Å². The van der Waals surface area contributed by atoms with Crippen molar-refractivity contribution in [2.24, 2.45) is 7.05 Å². The minimum atomic E-state index is -0.728. The van der Waals surface area contributed by atoms with Gasteiger partial charge in [-0.05, 0) is 13.0 Å². The second-order valence-corrected chi connectivity index (χ2v) is 6.32. The number of ether oxygens (including phenoxy) is 1. The Balaban J connectivity index is 1.45. The second kappa shape index (κ2) is 6.76. The molecule has 142 valence electrons. The van der Waals surface area contributed by atoms with Gasteiger partial charge >= 0.3 is 5.97 Å². The number of hydrogen-bond donors (Lipinski definition) is 0. The molecule has 0 spiro atoms. The number of benzene rings is 1. The SMILES string of the molecule is Cc1c(C(=O)COC(=O)Cn2cnc3c(cnn3C)c2=O)oc2ccccc12. The summed E-state index contributed by atoms with van der Waals surface area (Å²) in [6.07, 6.45) is 2.64. The van der Waals surface area contributed by atoms with Crippen molar-refractivity contribution in [3.8, 4) is 0 Å². The van der Waals surface area contributed by atoms with Crippen LogP contribution in [0.1, 0.15) is 16.1 Å². The lowest BCUT2D eigenvalue weighted by atomic mass is 10.1. The number of esters is 1. The first-order chi connectivity index (χ1) is 13.5. The van der Waals surface area contributed by atoms with Gasteiger partial charge in [-0.1, -0.05) is 18.2 Å². The summed E-state index contributed by atoms with van der Waals surface area (Å²) in [5, 5.41) is 5.10. The lowest BCUT2D eigenvalue weighted by Crippen LogP contribution is -2.26. The van der Waals surface area contributed by atoms with Crippen LogP contribution >= 0.6 is 0 Å². The first-order valence-electron chi connectivity index (χ1n) is 8.50. The summed E-state index contributed by atoms with van der Waals surface area (Å²) in [6.45, 7) is 0.940. The number of ketones is 1. The maximum absolute atomic E-state index is 12.4. The van der Waals surface area contributed by atoms with Crippen LogP contribution in [-0.4, -0.2) is 37.7 Å². The van der Waals surface area contributed by atoms with Gasteiger partial charge in [-0.25, -0.2) is 4.98 Å². The number of para-hydroxylation sites is 1. The Bertz CT molecular complexity index is 1280. The Morgan fingerprint density at radius 3 is 2.79 bits per heavy atom. The van der Waals surface area contributed by atoms with E-state index < -0.39 is 23.9 Å². The summed E-state index contributed by atoms with van der Waals surface area (Å²) in [6, 6.07) is 7.28. The van der Waals surface area contributed by atoms with Crippen LogP contribution < -0.4 is 5.56 Å². The smallest absolute Gasteiger partial charge is 0.326 e. The van der Waals surface area contributed by atoms with Gasteiger partial charge in [0.1, 0.15) is 23.8 Å². The number of aromatic nitrogens is 4. The van der Waals surface area contributed by atoms with Gasteiger partial charge in [0.2, 0.25) is 5.78 Å². The molecular weight excluding hydrogens is 364 g/mol. The van der Waals surface area contributed by atoms with E-state index in [4.69, 9.17) is 9.15 Å². The van der Waals surface area contributed by atoms with Gasteiger partial charge in [-0.15, -0.1) is 0 Å². The second-order valence-electron chi connectivity index (χ2n) is 6.32. The first kappa shape index (κ1) is 17.7. The molecular formula is C19H16N4O5. The summed E-state index contributed by atoms with van der Waals surface area (Å²) in [4.78, 5) is 40.9. The van der Waals surface area contributed by atoms with Crippen molar-refractivity contribution in [3.05, 3.63) is 58.5 Å². The number of nitrogens with zero attached hydrogens (tertiary/aromatic N) is 4. The van der Waals surface area contributed by atoms with Crippen LogP contribution in [-0.2, 0) is 23.1 Å². The standard InChI is InChI=1S/C19H16N4O5/c1-11-12-5-3-4-6-15(12)28-17(11)14(24)9-27-16(25)8-23-10-20-18-13(19(23)26)7-21-22(18)2/h3-7,10H,8-9H2,1-2H3. The molecule has 1 aromatic carbocycles. The quantitative estimate of drug-likeness (QED) is 0.382. The van der Waals surface area contributed by atoms with Gasteiger partial charge in [0.25, 0.3) is 5.56 Å². The van der Waals surface area contributed by atoms with Crippen LogP contribution in [0.25, 0.3) is 22.0 Å².